The molecule has 0 radical (unpaired) electrons. The van der Waals surface area contributed by atoms with E-state index >= 15 is 0 Å². The molecule has 2 heterocycles. The van der Waals surface area contributed by atoms with Crippen LogP contribution in [0.5, 0.6) is 0 Å². The Morgan fingerprint density at radius 3 is 2.52 bits per heavy atom. The van der Waals surface area contributed by atoms with E-state index in [-0.39, 0.29) is 17.2 Å². The number of carbonyl (C=O) groups excluding carboxylic acids is 1. The van der Waals surface area contributed by atoms with Gasteiger partial charge in [-0.3, -0.25) is 14.0 Å². The lowest BCUT2D eigenvalue weighted by molar-refractivity contribution is 0.102. The number of benzene rings is 1. The number of aryl methyl sites for hydroxylation is 2. The minimum Gasteiger partial charge on any atom is -0.316 e. The van der Waals surface area contributed by atoms with Crippen molar-refractivity contribution in [1.82, 2.24) is 9.38 Å². The number of halogens is 1. The van der Waals surface area contributed by atoms with Crippen LogP contribution in [0.4, 0.5) is 5.69 Å². The summed E-state index contributed by atoms with van der Waals surface area (Å²) in [4.78, 5) is 29.3. The Morgan fingerprint density at radius 1 is 1.13 bits per heavy atom. The van der Waals surface area contributed by atoms with Crippen LogP contribution >= 0.6 is 15.9 Å². The quantitative estimate of drug-likeness (QED) is 0.751. The normalized spacial score (nSPS) is 10.7. The van der Waals surface area contributed by atoms with E-state index in [4.69, 9.17) is 0 Å². The molecule has 0 bridgehead atoms. The summed E-state index contributed by atoms with van der Waals surface area (Å²) in [5.74, 6) is -0.341. The van der Waals surface area contributed by atoms with Gasteiger partial charge in [0.25, 0.3) is 11.5 Å². The summed E-state index contributed by atoms with van der Waals surface area (Å²) in [6.45, 7) is 3.60. The maximum absolute atomic E-state index is 12.6. The fourth-order valence-corrected chi connectivity index (χ4v) is 2.55. The predicted molar refractivity (Wildman–Crippen MR) is 93.0 cm³/mol. The highest BCUT2D eigenvalue weighted by Crippen LogP contribution is 2.14. The first-order valence-electron chi connectivity index (χ1n) is 7.02. The van der Waals surface area contributed by atoms with E-state index in [1.165, 1.54) is 4.40 Å². The van der Waals surface area contributed by atoms with Gasteiger partial charge in [0.2, 0.25) is 0 Å². The first kappa shape index (κ1) is 15.4. The molecule has 6 heteroatoms. The molecule has 0 saturated carbocycles. The number of fused-ring (bicyclic) bond motifs is 1. The lowest BCUT2D eigenvalue weighted by Gasteiger charge is -2.10. The molecule has 0 aliphatic heterocycles. The minimum absolute atomic E-state index is 0.195. The molecule has 2 aromatic heterocycles. The summed E-state index contributed by atoms with van der Waals surface area (Å²) < 4.78 is 2.33. The number of anilines is 1. The Morgan fingerprint density at radius 2 is 1.83 bits per heavy atom. The Bertz CT molecular complexity index is 962. The molecule has 3 rings (SSSR count). The summed E-state index contributed by atoms with van der Waals surface area (Å²) in [5, 5.41) is 2.68. The van der Waals surface area contributed by atoms with Crippen molar-refractivity contribution in [1.29, 1.82) is 0 Å². The Labute approximate surface area is 141 Å². The maximum Gasteiger partial charge on any atom is 0.281 e. The summed E-state index contributed by atoms with van der Waals surface area (Å²) in [6, 6.07) is 10.6. The van der Waals surface area contributed by atoms with E-state index in [0.29, 0.717) is 16.9 Å². The number of carbonyl (C=O) groups is 1. The van der Waals surface area contributed by atoms with Gasteiger partial charge in [-0.2, -0.15) is 0 Å². The van der Waals surface area contributed by atoms with Crippen LogP contribution in [0.3, 0.4) is 0 Å². The highest BCUT2D eigenvalue weighted by molar-refractivity contribution is 9.10. The van der Waals surface area contributed by atoms with Crippen molar-refractivity contribution in [3.05, 3.63) is 74.2 Å². The summed E-state index contributed by atoms with van der Waals surface area (Å²) in [6.07, 6.45) is 1.71. The van der Waals surface area contributed by atoms with Gasteiger partial charge in [0, 0.05) is 16.2 Å². The zero-order chi connectivity index (χ0) is 16.6. The Hall–Kier alpha value is -2.47. The third-order valence-corrected chi connectivity index (χ3v) is 4.03. The average Bonchev–Trinajstić information content (AvgIpc) is 2.53. The molecule has 0 spiro atoms. The first-order valence-corrected chi connectivity index (χ1v) is 7.81. The highest BCUT2D eigenvalue weighted by Gasteiger charge is 2.14. The van der Waals surface area contributed by atoms with Crippen molar-refractivity contribution in [3.8, 4) is 0 Å². The molecule has 3 aromatic rings. The third-order valence-electron chi connectivity index (χ3n) is 3.50. The van der Waals surface area contributed by atoms with Crippen LogP contribution in [0.25, 0.3) is 5.65 Å². The number of hydrogen-bond donors (Lipinski definition) is 1. The molecule has 1 aromatic carbocycles. The number of hydrogen-bond acceptors (Lipinski definition) is 3. The topological polar surface area (TPSA) is 63.5 Å². The van der Waals surface area contributed by atoms with Crippen LogP contribution in [-0.4, -0.2) is 15.3 Å². The highest BCUT2D eigenvalue weighted by atomic mass is 79.9. The minimum atomic E-state index is -0.341. The molecule has 23 heavy (non-hydrogen) atoms. The maximum atomic E-state index is 12.6. The average molecular weight is 372 g/mol. The van der Waals surface area contributed by atoms with Gasteiger partial charge in [0.15, 0.2) is 0 Å². The van der Waals surface area contributed by atoms with Crippen LogP contribution < -0.4 is 10.9 Å². The van der Waals surface area contributed by atoms with Gasteiger partial charge in [-0.1, -0.05) is 22.0 Å². The van der Waals surface area contributed by atoms with E-state index in [0.717, 1.165) is 10.0 Å². The lowest BCUT2D eigenvalue weighted by Crippen LogP contribution is -2.25. The van der Waals surface area contributed by atoms with Crippen molar-refractivity contribution in [3.63, 3.8) is 0 Å². The van der Waals surface area contributed by atoms with Crippen LogP contribution in [0.2, 0.25) is 0 Å². The second-order valence-corrected chi connectivity index (χ2v) is 6.19. The lowest BCUT2D eigenvalue weighted by atomic mass is 10.2. The van der Waals surface area contributed by atoms with Gasteiger partial charge in [-0.05, 0) is 49.7 Å². The number of nitrogens with one attached hydrogen (secondary N) is 1. The summed E-state index contributed by atoms with van der Waals surface area (Å²) >= 11 is 3.32. The number of pyridine rings is 1. The Kier molecular flexibility index (Phi) is 4.00. The van der Waals surface area contributed by atoms with Crippen molar-refractivity contribution in [2.45, 2.75) is 13.8 Å². The number of amides is 1. The molecule has 0 aliphatic rings. The monoisotopic (exact) mass is 371 g/mol. The van der Waals surface area contributed by atoms with Crippen LogP contribution in [0.15, 0.2) is 51.9 Å². The van der Waals surface area contributed by atoms with Gasteiger partial charge in [-0.25, -0.2) is 4.98 Å². The van der Waals surface area contributed by atoms with Crippen molar-refractivity contribution in [2.75, 3.05) is 5.32 Å². The van der Waals surface area contributed by atoms with Gasteiger partial charge in [-0.15, -0.1) is 0 Å². The molecule has 0 unspecified atom stereocenters. The fraction of sp³-hybridized carbons (Fsp3) is 0.118. The second-order valence-electron chi connectivity index (χ2n) is 5.27. The van der Waals surface area contributed by atoms with E-state index in [9.17, 15) is 9.59 Å². The molecular weight excluding hydrogens is 358 g/mol. The van der Waals surface area contributed by atoms with E-state index in [1.807, 2.05) is 13.0 Å². The third kappa shape index (κ3) is 3.03. The molecule has 0 saturated heterocycles. The van der Waals surface area contributed by atoms with Gasteiger partial charge < -0.3 is 5.32 Å². The van der Waals surface area contributed by atoms with Gasteiger partial charge in [0.05, 0.1) is 5.69 Å². The molecule has 1 amide bonds. The zero-order valence-electron chi connectivity index (χ0n) is 12.6. The summed E-state index contributed by atoms with van der Waals surface area (Å²) in [7, 11) is 0. The van der Waals surface area contributed by atoms with E-state index in [1.54, 1.807) is 43.5 Å². The zero-order valence-corrected chi connectivity index (χ0v) is 14.2. The molecule has 0 aliphatic carbocycles. The van der Waals surface area contributed by atoms with Crippen LogP contribution in [0, 0.1) is 13.8 Å². The first-order chi connectivity index (χ1) is 11.0. The molecule has 5 nitrogen and oxygen atoms in total. The smallest absolute Gasteiger partial charge is 0.281 e. The Balaban J connectivity index is 2.04. The largest absolute Gasteiger partial charge is 0.316 e. The standard InChI is InChI=1S/C17H14BrN3O2/c1-10-3-8-14-19-11(2)15(17(23)21(14)9-10)20-16(22)12-4-6-13(18)7-5-12/h3-9H,1-2H3,(H,20,22). The predicted octanol–water partition coefficient (Wildman–Crippen LogP) is 3.33. The van der Waals surface area contributed by atoms with Gasteiger partial charge in [0.1, 0.15) is 11.3 Å². The van der Waals surface area contributed by atoms with Crippen molar-refractivity contribution < 1.29 is 4.79 Å². The van der Waals surface area contributed by atoms with Crippen LogP contribution in [0.1, 0.15) is 21.6 Å². The molecule has 1 N–H and O–H groups in total. The number of aromatic nitrogens is 2. The SMILES string of the molecule is Cc1ccc2nc(C)c(NC(=O)c3ccc(Br)cc3)c(=O)n2c1. The van der Waals surface area contributed by atoms with E-state index in [2.05, 4.69) is 26.2 Å². The summed E-state index contributed by atoms with van der Waals surface area (Å²) in [5.41, 5.74) is 2.36. The van der Waals surface area contributed by atoms with Crippen molar-refractivity contribution in [2.24, 2.45) is 0 Å². The fourth-order valence-electron chi connectivity index (χ4n) is 2.29. The molecular formula is C17H14BrN3O2. The van der Waals surface area contributed by atoms with Crippen LogP contribution in [-0.2, 0) is 0 Å². The molecule has 0 atom stereocenters. The van der Waals surface area contributed by atoms with Gasteiger partial charge >= 0.3 is 0 Å². The number of nitrogens with zero attached hydrogens (tertiary/aromatic N) is 2. The van der Waals surface area contributed by atoms with E-state index < -0.39 is 0 Å². The molecule has 116 valence electrons. The second kappa shape index (κ2) is 5.96. The number of rotatable bonds is 2. The molecule has 0 fully saturated rings. The van der Waals surface area contributed by atoms with Crippen molar-refractivity contribution >= 4 is 33.2 Å².